The summed E-state index contributed by atoms with van der Waals surface area (Å²) in [5, 5.41) is 2.75. The zero-order valence-corrected chi connectivity index (χ0v) is 12.6. The van der Waals surface area contributed by atoms with E-state index in [1.54, 1.807) is 0 Å². The molecule has 110 valence electrons. The van der Waals surface area contributed by atoms with Crippen molar-refractivity contribution in [1.29, 1.82) is 0 Å². The van der Waals surface area contributed by atoms with Gasteiger partial charge in [-0.1, -0.05) is 23.2 Å². The van der Waals surface area contributed by atoms with E-state index >= 15 is 0 Å². The number of hydrogen-bond acceptors (Lipinski definition) is 4. The Balaban J connectivity index is 2.33. The second-order valence-corrected chi connectivity index (χ2v) is 6.91. The smallest absolute Gasteiger partial charge is 0.244 e. The summed E-state index contributed by atoms with van der Waals surface area (Å²) < 4.78 is 26.9. The topological polar surface area (TPSA) is 101 Å². The van der Waals surface area contributed by atoms with Crippen LogP contribution in [-0.4, -0.2) is 26.9 Å². The van der Waals surface area contributed by atoms with Gasteiger partial charge >= 0.3 is 0 Å². The molecule has 2 rings (SSSR count). The first-order valence-corrected chi connectivity index (χ1v) is 8.10. The van der Waals surface area contributed by atoms with Crippen molar-refractivity contribution < 1.29 is 13.2 Å². The zero-order valence-electron chi connectivity index (χ0n) is 10.3. The van der Waals surface area contributed by atoms with Crippen molar-refractivity contribution in [2.45, 2.75) is 23.8 Å². The number of halogens is 2. The van der Waals surface area contributed by atoms with E-state index in [2.05, 4.69) is 10.0 Å². The van der Waals surface area contributed by atoms with Gasteiger partial charge in [0.25, 0.3) is 0 Å². The van der Waals surface area contributed by atoms with E-state index in [1.165, 1.54) is 12.1 Å². The van der Waals surface area contributed by atoms with E-state index in [9.17, 15) is 13.2 Å². The van der Waals surface area contributed by atoms with E-state index < -0.39 is 16.1 Å². The standard InChI is InChI=1S/C11H13Cl2N3O3S/c12-6-4-7(13)10(8(14)5-6)20(18,19)16-9-2-1-3-15-11(9)17/h4-5,9,16H,1-3,14H2,(H,15,17). The molecule has 1 aromatic rings. The fourth-order valence-corrected chi connectivity index (χ4v) is 4.21. The summed E-state index contributed by atoms with van der Waals surface area (Å²) in [6, 6.07) is 1.76. The van der Waals surface area contributed by atoms with Crippen LogP contribution in [0, 0.1) is 0 Å². The fraction of sp³-hybridized carbons (Fsp3) is 0.364. The molecule has 1 fully saturated rings. The van der Waals surface area contributed by atoms with Gasteiger partial charge in [0.15, 0.2) is 0 Å². The minimum atomic E-state index is -4.00. The Bertz CT molecular complexity index is 625. The van der Waals surface area contributed by atoms with Crippen molar-refractivity contribution in [1.82, 2.24) is 10.0 Å². The van der Waals surface area contributed by atoms with Gasteiger partial charge in [0.2, 0.25) is 15.9 Å². The Morgan fingerprint density at radius 3 is 2.65 bits per heavy atom. The SMILES string of the molecule is Nc1cc(Cl)cc(Cl)c1S(=O)(=O)NC1CCCNC1=O. The van der Waals surface area contributed by atoms with Gasteiger partial charge in [-0.2, -0.15) is 4.72 Å². The van der Waals surface area contributed by atoms with E-state index in [0.717, 1.165) is 0 Å². The summed E-state index contributed by atoms with van der Waals surface area (Å²) in [7, 11) is -4.00. The monoisotopic (exact) mass is 337 g/mol. The second kappa shape index (κ2) is 5.77. The van der Waals surface area contributed by atoms with Gasteiger partial charge in [-0.15, -0.1) is 0 Å². The molecule has 4 N–H and O–H groups in total. The van der Waals surface area contributed by atoms with E-state index in [-0.39, 0.29) is 26.5 Å². The Labute approximate surface area is 126 Å². The van der Waals surface area contributed by atoms with Crippen LogP contribution in [0.1, 0.15) is 12.8 Å². The highest BCUT2D eigenvalue weighted by molar-refractivity contribution is 7.89. The van der Waals surface area contributed by atoms with Gasteiger partial charge in [-0.05, 0) is 25.0 Å². The molecular weight excluding hydrogens is 325 g/mol. The van der Waals surface area contributed by atoms with Gasteiger partial charge in [0, 0.05) is 11.6 Å². The van der Waals surface area contributed by atoms with Crippen LogP contribution in [0.3, 0.4) is 0 Å². The number of nitrogen functional groups attached to an aromatic ring is 1. The van der Waals surface area contributed by atoms with Gasteiger partial charge in [0.05, 0.1) is 10.7 Å². The molecule has 0 saturated carbocycles. The van der Waals surface area contributed by atoms with E-state index in [4.69, 9.17) is 28.9 Å². The van der Waals surface area contributed by atoms with Gasteiger partial charge in [0.1, 0.15) is 10.9 Å². The molecule has 1 aromatic carbocycles. The maximum Gasteiger partial charge on any atom is 0.244 e. The molecule has 0 aliphatic carbocycles. The van der Waals surface area contributed by atoms with Crippen LogP contribution in [-0.2, 0) is 14.8 Å². The molecule has 0 aromatic heterocycles. The lowest BCUT2D eigenvalue weighted by atomic mass is 10.1. The summed E-state index contributed by atoms with van der Waals surface area (Å²) in [5.74, 6) is -0.358. The number of sulfonamides is 1. The van der Waals surface area contributed by atoms with E-state index in [1.807, 2.05) is 0 Å². The number of carbonyl (C=O) groups excluding carboxylic acids is 1. The highest BCUT2D eigenvalue weighted by atomic mass is 35.5. The summed E-state index contributed by atoms with van der Waals surface area (Å²) in [4.78, 5) is 11.3. The average molecular weight is 338 g/mol. The number of rotatable bonds is 3. The number of amides is 1. The van der Waals surface area contributed by atoms with Crippen molar-refractivity contribution in [3.8, 4) is 0 Å². The number of piperidine rings is 1. The Kier molecular flexibility index (Phi) is 4.43. The molecule has 1 aliphatic heterocycles. The predicted octanol–water partition coefficient (Wildman–Crippen LogP) is 1.13. The van der Waals surface area contributed by atoms with Crippen LogP contribution in [0.2, 0.25) is 10.0 Å². The fourth-order valence-electron chi connectivity index (χ4n) is 1.99. The van der Waals surface area contributed by atoms with Crippen LogP contribution in [0.5, 0.6) is 0 Å². The molecule has 1 saturated heterocycles. The average Bonchev–Trinajstić information content (AvgIpc) is 2.30. The van der Waals surface area contributed by atoms with Gasteiger partial charge in [-0.25, -0.2) is 8.42 Å². The maximum absolute atomic E-state index is 12.3. The van der Waals surface area contributed by atoms with Crippen molar-refractivity contribution in [3.63, 3.8) is 0 Å². The molecule has 1 heterocycles. The summed E-state index contributed by atoms with van der Waals surface area (Å²) in [6.45, 7) is 0.543. The molecule has 20 heavy (non-hydrogen) atoms. The number of benzene rings is 1. The number of anilines is 1. The van der Waals surface area contributed by atoms with Crippen LogP contribution < -0.4 is 15.8 Å². The van der Waals surface area contributed by atoms with Crippen LogP contribution in [0.25, 0.3) is 0 Å². The highest BCUT2D eigenvalue weighted by Gasteiger charge is 2.30. The Morgan fingerprint density at radius 1 is 1.35 bits per heavy atom. The lowest BCUT2D eigenvalue weighted by Gasteiger charge is -2.23. The van der Waals surface area contributed by atoms with E-state index in [0.29, 0.717) is 19.4 Å². The molecule has 9 heteroatoms. The minimum Gasteiger partial charge on any atom is -0.398 e. The minimum absolute atomic E-state index is 0.0637. The first-order valence-electron chi connectivity index (χ1n) is 5.86. The largest absolute Gasteiger partial charge is 0.398 e. The first-order chi connectivity index (χ1) is 9.31. The molecule has 0 spiro atoms. The number of hydrogen-bond donors (Lipinski definition) is 3. The third-order valence-electron chi connectivity index (χ3n) is 2.89. The van der Waals surface area contributed by atoms with Crippen molar-refractivity contribution in [2.24, 2.45) is 0 Å². The van der Waals surface area contributed by atoms with Crippen LogP contribution in [0.15, 0.2) is 17.0 Å². The third-order valence-corrected chi connectivity index (χ3v) is 5.10. The normalized spacial score (nSPS) is 19.7. The van der Waals surface area contributed by atoms with Crippen molar-refractivity contribution >= 4 is 44.8 Å². The molecule has 6 nitrogen and oxygen atoms in total. The highest BCUT2D eigenvalue weighted by Crippen LogP contribution is 2.31. The third kappa shape index (κ3) is 3.17. The lowest BCUT2D eigenvalue weighted by Crippen LogP contribution is -2.50. The Morgan fingerprint density at radius 2 is 2.05 bits per heavy atom. The second-order valence-electron chi connectivity index (χ2n) is 4.41. The first kappa shape index (κ1) is 15.4. The molecule has 0 bridgehead atoms. The van der Waals surface area contributed by atoms with Crippen LogP contribution >= 0.6 is 23.2 Å². The predicted molar refractivity (Wildman–Crippen MR) is 77.2 cm³/mol. The number of carbonyl (C=O) groups is 1. The summed E-state index contributed by atoms with van der Waals surface area (Å²) in [6.07, 6.45) is 1.12. The zero-order chi connectivity index (χ0) is 14.9. The molecule has 1 atom stereocenters. The molecule has 1 amide bonds. The number of nitrogens with two attached hydrogens (primary N) is 1. The quantitative estimate of drug-likeness (QED) is 0.719. The van der Waals surface area contributed by atoms with Crippen molar-refractivity contribution in [2.75, 3.05) is 12.3 Å². The van der Waals surface area contributed by atoms with Gasteiger partial charge < -0.3 is 11.1 Å². The Hall–Kier alpha value is -1.02. The maximum atomic E-state index is 12.3. The summed E-state index contributed by atoms with van der Waals surface area (Å²) in [5.41, 5.74) is 5.60. The van der Waals surface area contributed by atoms with Crippen molar-refractivity contribution in [3.05, 3.63) is 22.2 Å². The summed E-state index contributed by atoms with van der Waals surface area (Å²) >= 11 is 11.6. The van der Waals surface area contributed by atoms with Crippen LogP contribution in [0.4, 0.5) is 5.69 Å². The molecule has 1 aliphatic rings. The molecule has 0 radical (unpaired) electrons. The molecular formula is C11H13Cl2N3O3S. The molecule has 1 unspecified atom stereocenters. The lowest BCUT2D eigenvalue weighted by molar-refractivity contribution is -0.124. The van der Waals surface area contributed by atoms with Gasteiger partial charge in [-0.3, -0.25) is 4.79 Å². The number of nitrogens with one attached hydrogen (secondary N) is 2.